The molecule has 0 saturated carbocycles. The maximum absolute atomic E-state index is 12.5. The number of benzene rings is 1. The molecule has 3 heterocycles. The Morgan fingerprint density at radius 2 is 1.90 bits per heavy atom. The fraction of sp³-hybridized carbons (Fsp3) is 0.524. The van der Waals surface area contributed by atoms with E-state index in [-0.39, 0.29) is 30.5 Å². The molecule has 0 bridgehead atoms. The van der Waals surface area contributed by atoms with Crippen molar-refractivity contribution in [2.75, 3.05) is 19.6 Å². The number of rotatable bonds is 5. The molecule has 1 amide bonds. The van der Waals surface area contributed by atoms with Crippen LogP contribution in [0.4, 0.5) is 0 Å². The number of ether oxygens (including phenoxy) is 1. The van der Waals surface area contributed by atoms with Crippen LogP contribution in [0.1, 0.15) is 46.7 Å². The molecule has 2 atom stereocenters. The van der Waals surface area contributed by atoms with Gasteiger partial charge in [-0.15, -0.1) is 12.4 Å². The van der Waals surface area contributed by atoms with Gasteiger partial charge in [-0.05, 0) is 25.0 Å². The van der Waals surface area contributed by atoms with Crippen molar-refractivity contribution in [2.45, 2.75) is 52.1 Å². The molecule has 1 fully saturated rings. The molecule has 2 aromatic rings. The van der Waals surface area contributed by atoms with Gasteiger partial charge in [-0.1, -0.05) is 24.3 Å². The second-order valence-electron chi connectivity index (χ2n) is 7.91. The van der Waals surface area contributed by atoms with Crippen molar-refractivity contribution >= 4 is 18.3 Å². The van der Waals surface area contributed by atoms with E-state index in [0.29, 0.717) is 18.8 Å². The van der Waals surface area contributed by atoms with E-state index in [0.717, 1.165) is 49.4 Å². The minimum absolute atomic E-state index is 0. The normalized spacial score (nSPS) is 21.9. The van der Waals surface area contributed by atoms with E-state index in [2.05, 4.69) is 63.8 Å². The van der Waals surface area contributed by atoms with Gasteiger partial charge in [-0.25, -0.2) is 0 Å². The van der Waals surface area contributed by atoms with Gasteiger partial charge in [0.05, 0.1) is 12.2 Å². The van der Waals surface area contributed by atoms with Crippen molar-refractivity contribution in [2.24, 2.45) is 0 Å². The van der Waals surface area contributed by atoms with Gasteiger partial charge in [0.25, 0.3) is 5.91 Å². The van der Waals surface area contributed by atoms with Gasteiger partial charge < -0.3 is 15.4 Å². The highest BCUT2D eigenvalue weighted by Gasteiger charge is 2.22. The number of aromatic amines is 1. The second-order valence-corrected chi connectivity index (χ2v) is 7.91. The van der Waals surface area contributed by atoms with Crippen LogP contribution in [-0.2, 0) is 30.8 Å². The molecule has 29 heavy (non-hydrogen) atoms. The van der Waals surface area contributed by atoms with Crippen LogP contribution in [0.2, 0.25) is 0 Å². The standard InChI is InChI=1S/C21H29N5O2.ClH/c1-14-11-26(12-15(2)28-14)13-17-5-3-16(4-6-17)9-23-21(27)20-18-10-22-8-7-19(18)24-25-20;/h3-6,14-15,22H,7-13H2,1-2H3,(H,23,27)(H,24,25);1H. The number of nitrogens with one attached hydrogen (secondary N) is 3. The summed E-state index contributed by atoms with van der Waals surface area (Å²) >= 11 is 0. The fourth-order valence-electron chi connectivity index (χ4n) is 4.11. The number of halogens is 1. The van der Waals surface area contributed by atoms with Gasteiger partial charge in [0, 0.05) is 56.9 Å². The molecule has 158 valence electrons. The van der Waals surface area contributed by atoms with Crippen molar-refractivity contribution < 1.29 is 9.53 Å². The van der Waals surface area contributed by atoms with E-state index in [4.69, 9.17) is 4.74 Å². The Morgan fingerprint density at radius 3 is 2.62 bits per heavy atom. The number of amides is 1. The summed E-state index contributed by atoms with van der Waals surface area (Å²) in [6, 6.07) is 8.47. The third-order valence-electron chi connectivity index (χ3n) is 5.40. The third-order valence-corrected chi connectivity index (χ3v) is 5.40. The summed E-state index contributed by atoms with van der Waals surface area (Å²) in [6.45, 7) is 9.22. The molecule has 1 aromatic heterocycles. The molecule has 2 aliphatic heterocycles. The van der Waals surface area contributed by atoms with Gasteiger partial charge >= 0.3 is 0 Å². The van der Waals surface area contributed by atoms with Crippen molar-refractivity contribution in [1.29, 1.82) is 0 Å². The van der Waals surface area contributed by atoms with Gasteiger partial charge in [-0.3, -0.25) is 14.8 Å². The summed E-state index contributed by atoms with van der Waals surface area (Å²) in [7, 11) is 0. The summed E-state index contributed by atoms with van der Waals surface area (Å²) in [4.78, 5) is 14.9. The highest BCUT2D eigenvalue weighted by molar-refractivity contribution is 5.94. The molecule has 7 nitrogen and oxygen atoms in total. The highest BCUT2D eigenvalue weighted by Crippen LogP contribution is 2.16. The van der Waals surface area contributed by atoms with Gasteiger partial charge in [0.1, 0.15) is 0 Å². The molecular weight excluding hydrogens is 390 g/mol. The van der Waals surface area contributed by atoms with Crippen molar-refractivity contribution in [1.82, 2.24) is 25.7 Å². The van der Waals surface area contributed by atoms with Crippen molar-refractivity contribution in [3.63, 3.8) is 0 Å². The van der Waals surface area contributed by atoms with Gasteiger partial charge in [0.15, 0.2) is 5.69 Å². The molecule has 4 rings (SSSR count). The smallest absolute Gasteiger partial charge is 0.272 e. The number of H-pyrrole nitrogens is 1. The number of hydrogen-bond donors (Lipinski definition) is 3. The van der Waals surface area contributed by atoms with Crippen molar-refractivity contribution in [3.8, 4) is 0 Å². The Morgan fingerprint density at radius 1 is 1.21 bits per heavy atom. The van der Waals surface area contributed by atoms with Crippen molar-refractivity contribution in [3.05, 3.63) is 52.3 Å². The largest absolute Gasteiger partial charge is 0.373 e. The predicted molar refractivity (Wildman–Crippen MR) is 114 cm³/mol. The van der Waals surface area contributed by atoms with Crippen LogP contribution in [0.25, 0.3) is 0 Å². The monoisotopic (exact) mass is 419 g/mol. The van der Waals surface area contributed by atoms with Crippen LogP contribution in [-0.4, -0.2) is 52.8 Å². The van der Waals surface area contributed by atoms with E-state index >= 15 is 0 Å². The number of hydrogen-bond acceptors (Lipinski definition) is 5. The Hall–Kier alpha value is -1.93. The zero-order chi connectivity index (χ0) is 19.5. The SMILES string of the molecule is CC1CN(Cc2ccc(CNC(=O)c3n[nH]c4c3CNCC4)cc2)CC(C)O1.Cl. The lowest BCUT2D eigenvalue weighted by atomic mass is 10.1. The molecule has 2 unspecified atom stereocenters. The number of morpholine rings is 1. The maximum Gasteiger partial charge on any atom is 0.272 e. The maximum atomic E-state index is 12.5. The molecule has 0 aliphatic carbocycles. The molecule has 0 spiro atoms. The minimum Gasteiger partial charge on any atom is -0.373 e. The summed E-state index contributed by atoms with van der Waals surface area (Å²) in [5, 5.41) is 13.5. The molecule has 2 aliphatic rings. The van der Waals surface area contributed by atoms with E-state index in [1.165, 1.54) is 5.56 Å². The number of aromatic nitrogens is 2. The molecule has 1 aromatic carbocycles. The van der Waals surface area contributed by atoms with Crippen LogP contribution in [0.5, 0.6) is 0 Å². The van der Waals surface area contributed by atoms with Crippen LogP contribution < -0.4 is 10.6 Å². The van der Waals surface area contributed by atoms with Gasteiger partial charge in [0.2, 0.25) is 0 Å². The van der Waals surface area contributed by atoms with E-state index in [1.807, 2.05) is 0 Å². The van der Waals surface area contributed by atoms with Crippen LogP contribution in [0.3, 0.4) is 0 Å². The number of nitrogens with zero attached hydrogens (tertiary/aromatic N) is 2. The zero-order valence-electron chi connectivity index (χ0n) is 17.0. The number of carbonyl (C=O) groups excluding carboxylic acids is 1. The molecular formula is C21H30ClN5O2. The first-order chi connectivity index (χ1) is 13.6. The Kier molecular flexibility index (Phi) is 7.29. The van der Waals surface area contributed by atoms with Crippen LogP contribution >= 0.6 is 12.4 Å². The third kappa shape index (κ3) is 5.36. The minimum atomic E-state index is -0.124. The first kappa shape index (κ1) is 21.8. The Balaban J connectivity index is 0.00000240. The Bertz CT molecular complexity index is 813. The molecule has 0 radical (unpaired) electrons. The molecule has 3 N–H and O–H groups in total. The highest BCUT2D eigenvalue weighted by atomic mass is 35.5. The lowest BCUT2D eigenvalue weighted by Gasteiger charge is -2.35. The lowest BCUT2D eigenvalue weighted by molar-refractivity contribution is -0.0704. The summed E-state index contributed by atoms with van der Waals surface area (Å²) in [6.07, 6.45) is 1.44. The average Bonchev–Trinajstić information content (AvgIpc) is 3.11. The summed E-state index contributed by atoms with van der Waals surface area (Å²) in [5.41, 5.74) is 4.94. The topological polar surface area (TPSA) is 82.3 Å². The quantitative estimate of drug-likeness (QED) is 0.690. The van der Waals surface area contributed by atoms with Crippen LogP contribution in [0, 0.1) is 0 Å². The summed E-state index contributed by atoms with van der Waals surface area (Å²) in [5.74, 6) is -0.124. The lowest BCUT2D eigenvalue weighted by Crippen LogP contribution is -2.44. The van der Waals surface area contributed by atoms with E-state index < -0.39 is 0 Å². The van der Waals surface area contributed by atoms with E-state index in [1.54, 1.807) is 0 Å². The van der Waals surface area contributed by atoms with Gasteiger partial charge in [-0.2, -0.15) is 5.10 Å². The average molecular weight is 420 g/mol. The predicted octanol–water partition coefficient (Wildman–Crippen LogP) is 2.02. The molecule has 1 saturated heterocycles. The fourth-order valence-corrected chi connectivity index (χ4v) is 4.11. The van der Waals surface area contributed by atoms with Crippen LogP contribution in [0.15, 0.2) is 24.3 Å². The first-order valence-corrected chi connectivity index (χ1v) is 10.1. The number of carbonyl (C=O) groups is 1. The Labute approximate surface area is 178 Å². The molecule has 8 heteroatoms. The van der Waals surface area contributed by atoms with E-state index in [9.17, 15) is 4.79 Å². The second kappa shape index (κ2) is 9.71. The summed E-state index contributed by atoms with van der Waals surface area (Å²) < 4.78 is 5.80. The first-order valence-electron chi connectivity index (χ1n) is 10.1. The number of fused-ring (bicyclic) bond motifs is 1. The zero-order valence-corrected chi connectivity index (χ0v) is 17.8.